The van der Waals surface area contributed by atoms with Crippen molar-refractivity contribution in [2.45, 2.75) is 33.7 Å². The number of H-pyrrole nitrogens is 1. The zero-order valence-corrected chi connectivity index (χ0v) is 10.8. The van der Waals surface area contributed by atoms with Crippen LogP contribution >= 0.6 is 0 Å². The van der Waals surface area contributed by atoms with Crippen molar-refractivity contribution < 1.29 is 0 Å². The first-order valence-electron chi connectivity index (χ1n) is 5.96. The Morgan fingerprint density at radius 1 is 1.18 bits per heavy atom. The third-order valence-corrected chi connectivity index (χ3v) is 2.70. The van der Waals surface area contributed by atoms with Crippen LogP contribution in [0.4, 0.5) is 5.82 Å². The Hall–Kier alpha value is -1.77. The second-order valence-electron chi connectivity index (χ2n) is 4.78. The minimum atomic E-state index is 0.393. The molecule has 0 amide bonds. The van der Waals surface area contributed by atoms with Gasteiger partial charge in [0.15, 0.2) is 0 Å². The van der Waals surface area contributed by atoms with Crippen LogP contribution in [0.1, 0.15) is 25.0 Å². The lowest BCUT2D eigenvalue weighted by molar-refractivity contribution is 0.884. The van der Waals surface area contributed by atoms with E-state index in [0.29, 0.717) is 6.04 Å². The van der Waals surface area contributed by atoms with Crippen LogP contribution in [0.3, 0.4) is 0 Å². The summed E-state index contributed by atoms with van der Waals surface area (Å²) >= 11 is 0. The van der Waals surface area contributed by atoms with E-state index in [9.17, 15) is 0 Å². The maximum atomic E-state index is 4.27. The molecule has 3 heteroatoms. The summed E-state index contributed by atoms with van der Waals surface area (Å²) in [5.74, 6) is 0.899. The molecular weight excluding hydrogens is 210 g/mol. The van der Waals surface area contributed by atoms with Gasteiger partial charge in [-0.2, -0.15) is 5.10 Å². The third-order valence-electron chi connectivity index (χ3n) is 2.70. The molecule has 0 spiro atoms. The normalized spacial score (nSPS) is 10.9. The second-order valence-corrected chi connectivity index (χ2v) is 4.78. The van der Waals surface area contributed by atoms with Gasteiger partial charge in [0.1, 0.15) is 5.82 Å². The highest BCUT2D eigenvalue weighted by molar-refractivity contribution is 5.67. The Balaban J connectivity index is 2.33. The molecule has 17 heavy (non-hydrogen) atoms. The molecule has 0 radical (unpaired) electrons. The smallest absolute Gasteiger partial charge is 0.148 e. The number of aromatic amines is 1. The summed E-state index contributed by atoms with van der Waals surface area (Å²) in [5, 5.41) is 10.6. The molecule has 0 aliphatic carbocycles. The Morgan fingerprint density at radius 2 is 1.94 bits per heavy atom. The molecule has 0 fully saturated rings. The third kappa shape index (κ3) is 2.67. The van der Waals surface area contributed by atoms with Crippen LogP contribution in [0.5, 0.6) is 0 Å². The topological polar surface area (TPSA) is 40.7 Å². The zero-order valence-electron chi connectivity index (χ0n) is 10.8. The van der Waals surface area contributed by atoms with Crippen LogP contribution in [0.25, 0.3) is 11.3 Å². The number of anilines is 1. The van der Waals surface area contributed by atoms with E-state index in [1.807, 2.05) is 0 Å². The van der Waals surface area contributed by atoms with Crippen LogP contribution in [-0.2, 0) is 0 Å². The predicted octanol–water partition coefficient (Wildman–Crippen LogP) is 3.51. The number of nitrogens with zero attached hydrogens (tertiary/aromatic N) is 1. The van der Waals surface area contributed by atoms with Gasteiger partial charge in [-0.1, -0.05) is 17.7 Å². The van der Waals surface area contributed by atoms with Crippen molar-refractivity contribution >= 4 is 5.82 Å². The maximum Gasteiger partial charge on any atom is 0.148 e. The summed E-state index contributed by atoms with van der Waals surface area (Å²) in [6.07, 6.45) is 0. The zero-order chi connectivity index (χ0) is 12.4. The molecule has 0 aliphatic rings. The number of rotatable bonds is 3. The van der Waals surface area contributed by atoms with Gasteiger partial charge in [0.2, 0.25) is 0 Å². The van der Waals surface area contributed by atoms with Gasteiger partial charge >= 0.3 is 0 Å². The van der Waals surface area contributed by atoms with Gasteiger partial charge in [0.25, 0.3) is 0 Å². The quantitative estimate of drug-likeness (QED) is 0.845. The lowest BCUT2D eigenvalue weighted by Gasteiger charge is -2.05. The second kappa shape index (κ2) is 4.62. The summed E-state index contributed by atoms with van der Waals surface area (Å²) in [6, 6.07) is 8.90. The molecule has 0 aliphatic heterocycles. The van der Waals surface area contributed by atoms with Crippen LogP contribution in [0, 0.1) is 13.8 Å². The number of nitrogens with one attached hydrogen (secondary N) is 2. The van der Waals surface area contributed by atoms with Gasteiger partial charge in [0, 0.05) is 17.7 Å². The van der Waals surface area contributed by atoms with Crippen molar-refractivity contribution in [2.24, 2.45) is 0 Å². The molecule has 0 atom stereocenters. The van der Waals surface area contributed by atoms with Gasteiger partial charge in [-0.15, -0.1) is 0 Å². The lowest BCUT2D eigenvalue weighted by Crippen LogP contribution is -2.09. The molecule has 0 saturated carbocycles. The van der Waals surface area contributed by atoms with E-state index < -0.39 is 0 Å². The first-order chi connectivity index (χ1) is 8.06. The monoisotopic (exact) mass is 229 g/mol. The molecule has 2 aromatic rings. The molecule has 0 bridgehead atoms. The minimum absolute atomic E-state index is 0.393. The van der Waals surface area contributed by atoms with Crippen molar-refractivity contribution in [3.05, 3.63) is 35.4 Å². The van der Waals surface area contributed by atoms with E-state index in [1.165, 1.54) is 16.7 Å². The van der Waals surface area contributed by atoms with E-state index in [0.717, 1.165) is 11.5 Å². The van der Waals surface area contributed by atoms with E-state index in [-0.39, 0.29) is 0 Å². The number of hydrogen-bond donors (Lipinski definition) is 2. The Bertz CT molecular complexity index is 512. The summed E-state index contributed by atoms with van der Waals surface area (Å²) in [5.41, 5.74) is 4.80. The number of benzene rings is 1. The fourth-order valence-electron chi connectivity index (χ4n) is 1.86. The standard InChI is InChI=1S/C14H19N3/c1-9(2)15-14-8-13(16-17-14)12-7-10(3)5-6-11(12)4/h5-9H,1-4H3,(H2,15,16,17). The average Bonchev–Trinajstić information content (AvgIpc) is 2.69. The molecule has 1 aromatic carbocycles. The first-order valence-corrected chi connectivity index (χ1v) is 5.96. The minimum Gasteiger partial charge on any atom is -0.366 e. The van der Waals surface area contributed by atoms with Crippen molar-refractivity contribution in [1.82, 2.24) is 10.2 Å². The molecule has 2 N–H and O–H groups in total. The highest BCUT2D eigenvalue weighted by Crippen LogP contribution is 2.24. The van der Waals surface area contributed by atoms with E-state index in [2.05, 4.69) is 67.5 Å². The number of aryl methyl sites for hydroxylation is 2. The van der Waals surface area contributed by atoms with Gasteiger partial charge in [-0.25, -0.2) is 0 Å². The van der Waals surface area contributed by atoms with Gasteiger partial charge in [-0.3, -0.25) is 5.10 Å². The Labute approximate surface area is 102 Å². The van der Waals surface area contributed by atoms with Crippen LogP contribution in [0.2, 0.25) is 0 Å². The first kappa shape index (κ1) is 11.7. The largest absolute Gasteiger partial charge is 0.366 e. The van der Waals surface area contributed by atoms with Crippen molar-refractivity contribution in [3.8, 4) is 11.3 Å². The van der Waals surface area contributed by atoms with E-state index in [4.69, 9.17) is 0 Å². The Kier molecular flexibility index (Phi) is 3.18. The van der Waals surface area contributed by atoms with Crippen molar-refractivity contribution in [1.29, 1.82) is 0 Å². The highest BCUT2D eigenvalue weighted by atomic mass is 15.2. The molecular formula is C14H19N3. The molecule has 0 unspecified atom stereocenters. The van der Waals surface area contributed by atoms with Crippen LogP contribution < -0.4 is 5.32 Å². The molecule has 1 aromatic heterocycles. The van der Waals surface area contributed by atoms with Crippen LogP contribution in [-0.4, -0.2) is 16.2 Å². The summed E-state index contributed by atoms with van der Waals surface area (Å²) in [4.78, 5) is 0. The average molecular weight is 229 g/mol. The fourth-order valence-corrected chi connectivity index (χ4v) is 1.86. The highest BCUT2D eigenvalue weighted by Gasteiger charge is 2.07. The maximum absolute atomic E-state index is 4.27. The molecule has 2 rings (SSSR count). The van der Waals surface area contributed by atoms with Crippen molar-refractivity contribution in [2.75, 3.05) is 5.32 Å². The molecule has 1 heterocycles. The van der Waals surface area contributed by atoms with Gasteiger partial charge < -0.3 is 5.32 Å². The lowest BCUT2D eigenvalue weighted by atomic mass is 10.0. The number of aromatic nitrogens is 2. The summed E-state index contributed by atoms with van der Waals surface area (Å²) in [6.45, 7) is 8.43. The van der Waals surface area contributed by atoms with Crippen molar-refractivity contribution in [3.63, 3.8) is 0 Å². The predicted molar refractivity (Wildman–Crippen MR) is 72.3 cm³/mol. The SMILES string of the molecule is Cc1ccc(C)c(-c2cc(NC(C)C)n[nH]2)c1. The van der Waals surface area contributed by atoms with Gasteiger partial charge in [0.05, 0.1) is 5.69 Å². The summed E-state index contributed by atoms with van der Waals surface area (Å²) < 4.78 is 0. The van der Waals surface area contributed by atoms with E-state index in [1.54, 1.807) is 0 Å². The van der Waals surface area contributed by atoms with E-state index >= 15 is 0 Å². The molecule has 90 valence electrons. The molecule has 0 saturated heterocycles. The number of hydrogen-bond acceptors (Lipinski definition) is 2. The fraction of sp³-hybridized carbons (Fsp3) is 0.357. The molecule has 3 nitrogen and oxygen atoms in total. The summed E-state index contributed by atoms with van der Waals surface area (Å²) in [7, 11) is 0. The Morgan fingerprint density at radius 3 is 2.65 bits per heavy atom. The van der Waals surface area contributed by atoms with Crippen LogP contribution in [0.15, 0.2) is 24.3 Å². The van der Waals surface area contributed by atoms with Gasteiger partial charge in [-0.05, 0) is 39.3 Å².